The summed E-state index contributed by atoms with van der Waals surface area (Å²) in [6.07, 6.45) is 0.576. The molecule has 0 fully saturated rings. The lowest BCUT2D eigenvalue weighted by Gasteiger charge is -2.16. The van der Waals surface area contributed by atoms with Crippen molar-refractivity contribution in [1.82, 2.24) is 4.98 Å². The number of nitrogens with zero attached hydrogens (tertiary/aromatic N) is 2. The highest BCUT2D eigenvalue weighted by molar-refractivity contribution is 6.32. The van der Waals surface area contributed by atoms with Crippen molar-refractivity contribution in [2.75, 3.05) is 19.5 Å². The quantitative estimate of drug-likeness (QED) is 0.581. The molecule has 0 bridgehead atoms. The molecule has 3 aromatic rings. The molecule has 0 aliphatic heterocycles. The van der Waals surface area contributed by atoms with Crippen LogP contribution in [-0.2, 0) is 6.42 Å². The number of benzene rings is 2. The summed E-state index contributed by atoms with van der Waals surface area (Å²) in [6, 6.07) is 10.8. The summed E-state index contributed by atoms with van der Waals surface area (Å²) in [5.41, 5.74) is 8.22. The van der Waals surface area contributed by atoms with Crippen LogP contribution in [0.1, 0.15) is 25.1 Å². The molecule has 3 rings (SSSR count). The number of aryl methyl sites for hydroxylation is 1. The number of nitrogens with two attached hydrogens (primary N) is 1. The van der Waals surface area contributed by atoms with Gasteiger partial charge in [-0.15, -0.1) is 0 Å². The maximum Gasteiger partial charge on any atom is 0.156 e. The molecule has 0 aliphatic rings. The Bertz CT molecular complexity index is 1080. The molecule has 0 saturated carbocycles. The number of rotatable bonds is 6. The number of hydrogen-bond donors (Lipinski definition) is 1. The molecule has 1 heterocycles. The monoisotopic (exact) mass is 397 g/mol. The van der Waals surface area contributed by atoms with E-state index >= 15 is 0 Å². The zero-order valence-corrected chi connectivity index (χ0v) is 16.6. The average Bonchev–Trinajstić information content (AvgIpc) is 2.69. The van der Waals surface area contributed by atoms with Gasteiger partial charge in [0.05, 0.1) is 35.6 Å². The number of nitrogen functional groups attached to an aromatic ring is 1. The van der Waals surface area contributed by atoms with Crippen LogP contribution < -0.4 is 19.9 Å². The molecule has 0 unspecified atom stereocenters. The SMILES string of the molecule is CCOc1cc2nc(CC)c(C#N)c(Oc3ccc(OC)c(Cl)c3)c2cc1N. The van der Waals surface area contributed by atoms with Gasteiger partial charge in [0.2, 0.25) is 0 Å². The van der Waals surface area contributed by atoms with Crippen LogP contribution in [0.25, 0.3) is 10.9 Å². The molecule has 0 spiro atoms. The maximum atomic E-state index is 9.74. The number of nitriles is 1. The smallest absolute Gasteiger partial charge is 0.156 e. The van der Waals surface area contributed by atoms with Crippen molar-refractivity contribution in [1.29, 1.82) is 5.26 Å². The van der Waals surface area contributed by atoms with Crippen molar-refractivity contribution in [3.63, 3.8) is 0 Å². The number of ether oxygens (including phenoxy) is 3. The van der Waals surface area contributed by atoms with Gasteiger partial charge in [-0.3, -0.25) is 4.98 Å². The Morgan fingerprint density at radius 3 is 2.57 bits per heavy atom. The van der Waals surface area contributed by atoms with Crippen LogP contribution in [0.15, 0.2) is 30.3 Å². The summed E-state index contributed by atoms with van der Waals surface area (Å²) >= 11 is 6.21. The largest absolute Gasteiger partial charge is 0.495 e. The fraction of sp³-hybridized carbons (Fsp3) is 0.238. The van der Waals surface area contributed by atoms with E-state index in [0.717, 1.165) is 0 Å². The summed E-state index contributed by atoms with van der Waals surface area (Å²) in [5.74, 6) is 1.95. The number of fused-ring (bicyclic) bond motifs is 1. The van der Waals surface area contributed by atoms with E-state index in [2.05, 4.69) is 11.1 Å². The minimum atomic E-state index is 0.366. The highest BCUT2D eigenvalue weighted by Crippen LogP contribution is 2.39. The molecule has 0 aliphatic carbocycles. The van der Waals surface area contributed by atoms with E-state index in [1.807, 2.05) is 13.8 Å². The molecule has 0 saturated heterocycles. The first-order chi connectivity index (χ1) is 13.5. The van der Waals surface area contributed by atoms with E-state index in [1.54, 1.807) is 30.3 Å². The zero-order valence-electron chi connectivity index (χ0n) is 15.9. The van der Waals surface area contributed by atoms with Crippen LogP contribution in [0.3, 0.4) is 0 Å². The van der Waals surface area contributed by atoms with E-state index in [9.17, 15) is 5.26 Å². The van der Waals surface area contributed by atoms with Crippen molar-refractivity contribution >= 4 is 28.2 Å². The van der Waals surface area contributed by atoms with E-state index < -0.39 is 0 Å². The van der Waals surface area contributed by atoms with Gasteiger partial charge < -0.3 is 19.9 Å². The standard InChI is InChI=1S/C21H20ClN3O3/c1-4-17-14(11-23)21(28-12-6-7-19(26-3)15(22)8-12)13-9-16(24)20(27-5-2)10-18(13)25-17/h6-10H,4-5,24H2,1-3H3. The number of halogens is 1. The lowest BCUT2D eigenvalue weighted by Crippen LogP contribution is -2.02. The second-order valence-electron chi connectivity index (χ2n) is 5.97. The second-order valence-corrected chi connectivity index (χ2v) is 6.37. The van der Waals surface area contributed by atoms with Crippen molar-refractivity contribution in [3.05, 3.63) is 46.6 Å². The van der Waals surface area contributed by atoms with Crippen LogP contribution in [-0.4, -0.2) is 18.7 Å². The Morgan fingerprint density at radius 1 is 1.18 bits per heavy atom. The Morgan fingerprint density at radius 2 is 1.96 bits per heavy atom. The van der Waals surface area contributed by atoms with Crippen LogP contribution in [0, 0.1) is 11.3 Å². The molecule has 1 aromatic heterocycles. The van der Waals surface area contributed by atoms with Crippen molar-refractivity contribution in [2.45, 2.75) is 20.3 Å². The van der Waals surface area contributed by atoms with Crippen molar-refractivity contribution in [3.8, 4) is 29.1 Å². The van der Waals surface area contributed by atoms with Gasteiger partial charge in [-0.1, -0.05) is 18.5 Å². The number of hydrogen-bond acceptors (Lipinski definition) is 6. The summed E-state index contributed by atoms with van der Waals surface area (Å²) in [7, 11) is 1.54. The lowest BCUT2D eigenvalue weighted by atomic mass is 10.1. The third-order valence-electron chi connectivity index (χ3n) is 4.23. The summed E-state index contributed by atoms with van der Waals surface area (Å²) in [6.45, 7) is 4.30. The molecule has 2 aromatic carbocycles. The molecule has 7 heteroatoms. The van der Waals surface area contributed by atoms with E-state index in [-0.39, 0.29) is 0 Å². The molecular formula is C21H20ClN3O3. The molecule has 144 valence electrons. The molecule has 0 amide bonds. The van der Waals surface area contributed by atoms with Crippen LogP contribution in [0.4, 0.5) is 5.69 Å². The van der Waals surface area contributed by atoms with E-state index in [0.29, 0.717) is 68.9 Å². The highest BCUT2D eigenvalue weighted by Gasteiger charge is 2.19. The lowest BCUT2D eigenvalue weighted by molar-refractivity contribution is 0.342. The summed E-state index contributed by atoms with van der Waals surface area (Å²) in [4.78, 5) is 4.61. The topological polar surface area (TPSA) is 90.4 Å². The third kappa shape index (κ3) is 3.62. The number of methoxy groups -OCH3 is 1. The number of anilines is 1. The van der Waals surface area contributed by atoms with Gasteiger partial charge >= 0.3 is 0 Å². The van der Waals surface area contributed by atoms with Gasteiger partial charge in [0, 0.05) is 17.5 Å². The normalized spacial score (nSPS) is 10.5. The van der Waals surface area contributed by atoms with Gasteiger partial charge in [0.1, 0.15) is 28.9 Å². The first-order valence-electron chi connectivity index (χ1n) is 8.82. The number of pyridine rings is 1. The summed E-state index contributed by atoms with van der Waals surface area (Å²) < 4.78 is 16.8. The van der Waals surface area contributed by atoms with Gasteiger partial charge in [0.25, 0.3) is 0 Å². The minimum absolute atomic E-state index is 0.366. The Balaban J connectivity index is 2.22. The predicted molar refractivity (Wildman–Crippen MR) is 109 cm³/mol. The fourth-order valence-corrected chi connectivity index (χ4v) is 3.16. The van der Waals surface area contributed by atoms with Crippen molar-refractivity contribution in [2.24, 2.45) is 0 Å². The molecule has 6 nitrogen and oxygen atoms in total. The van der Waals surface area contributed by atoms with Crippen LogP contribution in [0.2, 0.25) is 5.02 Å². The van der Waals surface area contributed by atoms with Gasteiger partial charge in [-0.05, 0) is 31.5 Å². The summed E-state index contributed by atoms with van der Waals surface area (Å²) in [5, 5.41) is 10.8. The van der Waals surface area contributed by atoms with Gasteiger partial charge in [-0.2, -0.15) is 5.26 Å². The van der Waals surface area contributed by atoms with E-state index in [4.69, 9.17) is 31.5 Å². The maximum absolute atomic E-state index is 9.74. The molecule has 28 heavy (non-hydrogen) atoms. The van der Waals surface area contributed by atoms with E-state index in [1.165, 1.54) is 7.11 Å². The molecule has 2 N–H and O–H groups in total. The molecule has 0 atom stereocenters. The Labute approximate surface area is 168 Å². The highest BCUT2D eigenvalue weighted by atomic mass is 35.5. The third-order valence-corrected chi connectivity index (χ3v) is 4.53. The van der Waals surface area contributed by atoms with Crippen LogP contribution >= 0.6 is 11.6 Å². The van der Waals surface area contributed by atoms with Crippen LogP contribution in [0.5, 0.6) is 23.0 Å². The number of aromatic nitrogens is 1. The fourth-order valence-electron chi connectivity index (χ4n) is 2.91. The predicted octanol–water partition coefficient (Wildman–Crippen LogP) is 5.10. The first kappa shape index (κ1) is 19.6. The van der Waals surface area contributed by atoms with Gasteiger partial charge in [0.15, 0.2) is 5.75 Å². The molecule has 0 radical (unpaired) electrons. The zero-order chi connectivity index (χ0) is 20.3. The Hall–Kier alpha value is -3.17. The van der Waals surface area contributed by atoms with Crippen molar-refractivity contribution < 1.29 is 14.2 Å². The average molecular weight is 398 g/mol. The minimum Gasteiger partial charge on any atom is -0.495 e. The first-order valence-corrected chi connectivity index (χ1v) is 9.20. The molecular weight excluding hydrogens is 378 g/mol. The second kappa shape index (κ2) is 8.24. The van der Waals surface area contributed by atoms with Gasteiger partial charge in [-0.25, -0.2) is 0 Å². The Kier molecular flexibility index (Phi) is 5.76.